The number of hydrogen-bond acceptors (Lipinski definition) is 3. The molecule has 0 fully saturated rings. The summed E-state index contributed by atoms with van der Waals surface area (Å²) in [5.74, 6) is -0.315. The maximum absolute atomic E-state index is 12.4. The Morgan fingerprint density at radius 1 is 1.10 bits per heavy atom. The van der Waals surface area contributed by atoms with Gasteiger partial charge in [0.1, 0.15) is 5.75 Å². The molecule has 1 aromatic rings. The molecular weight excluding hydrogens is 293 g/mol. The van der Waals surface area contributed by atoms with Gasteiger partial charge in [0.15, 0.2) is 0 Å². The Kier molecular flexibility index (Phi) is 4.99. The molecule has 0 amide bonds. The Labute approximate surface area is 115 Å². The van der Waals surface area contributed by atoms with Crippen LogP contribution < -0.4 is 4.18 Å². The Hall–Kier alpha value is -1.76. The van der Waals surface area contributed by atoms with Gasteiger partial charge < -0.3 is 4.18 Å². The Bertz CT molecular complexity index is 576. The van der Waals surface area contributed by atoms with Crippen LogP contribution in [0, 0.1) is 0 Å². The van der Waals surface area contributed by atoms with Crippen molar-refractivity contribution in [3.8, 4) is 5.75 Å². The molecule has 0 bridgehead atoms. The fraction of sp³-hybridized carbons (Fsp3) is 0.231. The van der Waals surface area contributed by atoms with Crippen LogP contribution in [0.15, 0.2) is 43.5 Å². The van der Waals surface area contributed by atoms with Gasteiger partial charge in [0.05, 0.1) is 0 Å². The average molecular weight is 306 g/mol. The molecular formula is C13H13F3O3S. The van der Waals surface area contributed by atoms with Crippen LogP contribution in [0.5, 0.6) is 5.75 Å². The minimum absolute atomic E-state index is 0.188. The number of rotatable bonds is 6. The Morgan fingerprint density at radius 3 is 1.90 bits per heavy atom. The van der Waals surface area contributed by atoms with Crippen LogP contribution in [-0.4, -0.2) is 13.9 Å². The number of para-hydroxylation sites is 1. The van der Waals surface area contributed by atoms with E-state index in [1.165, 1.54) is 24.3 Å². The molecule has 1 rings (SSSR count). The SMILES string of the molecule is C=CCc1cccc(CC=C)c1OS(=O)(=O)C(F)(F)F. The second-order valence-electron chi connectivity index (χ2n) is 3.87. The Balaban J connectivity index is 3.33. The van der Waals surface area contributed by atoms with Crippen molar-refractivity contribution in [3.05, 3.63) is 54.6 Å². The van der Waals surface area contributed by atoms with E-state index in [2.05, 4.69) is 17.3 Å². The van der Waals surface area contributed by atoms with Crippen LogP contribution >= 0.6 is 0 Å². The molecule has 0 N–H and O–H groups in total. The van der Waals surface area contributed by atoms with Crippen molar-refractivity contribution in [2.45, 2.75) is 18.3 Å². The molecule has 0 aliphatic heterocycles. The fourth-order valence-electron chi connectivity index (χ4n) is 1.53. The second kappa shape index (κ2) is 6.13. The van der Waals surface area contributed by atoms with Gasteiger partial charge in [0, 0.05) is 0 Å². The van der Waals surface area contributed by atoms with E-state index in [9.17, 15) is 21.6 Å². The molecule has 0 saturated carbocycles. The van der Waals surface area contributed by atoms with Crippen LogP contribution in [0.4, 0.5) is 13.2 Å². The zero-order chi connectivity index (χ0) is 15.4. The first-order chi connectivity index (χ1) is 9.23. The predicted octanol–water partition coefficient (Wildman–Crippen LogP) is 3.37. The quantitative estimate of drug-likeness (QED) is 0.460. The normalized spacial score (nSPS) is 11.9. The van der Waals surface area contributed by atoms with E-state index in [0.29, 0.717) is 11.1 Å². The third kappa shape index (κ3) is 3.63. The van der Waals surface area contributed by atoms with Gasteiger partial charge >= 0.3 is 15.6 Å². The summed E-state index contributed by atoms with van der Waals surface area (Å²) in [6.07, 6.45) is 3.27. The second-order valence-corrected chi connectivity index (χ2v) is 5.41. The summed E-state index contributed by atoms with van der Waals surface area (Å²) in [7, 11) is -5.70. The summed E-state index contributed by atoms with van der Waals surface area (Å²) >= 11 is 0. The number of hydrogen-bond donors (Lipinski definition) is 0. The molecule has 0 atom stereocenters. The molecule has 0 aliphatic carbocycles. The van der Waals surface area contributed by atoms with E-state index < -0.39 is 15.6 Å². The summed E-state index contributed by atoms with van der Waals surface area (Å²) in [6, 6.07) is 4.57. The predicted molar refractivity (Wildman–Crippen MR) is 69.8 cm³/mol. The van der Waals surface area contributed by atoms with E-state index in [0.717, 1.165) is 0 Å². The minimum Gasteiger partial charge on any atom is -0.375 e. The van der Waals surface area contributed by atoms with Gasteiger partial charge in [-0.25, -0.2) is 0 Å². The minimum atomic E-state index is -5.70. The lowest BCUT2D eigenvalue weighted by atomic mass is 10.0. The molecule has 7 heteroatoms. The number of allylic oxidation sites excluding steroid dienone is 2. The molecule has 1 aromatic carbocycles. The lowest BCUT2D eigenvalue weighted by molar-refractivity contribution is -0.0500. The molecule has 20 heavy (non-hydrogen) atoms. The van der Waals surface area contributed by atoms with Crippen molar-refractivity contribution in [3.63, 3.8) is 0 Å². The molecule has 0 saturated heterocycles. The molecule has 0 radical (unpaired) electrons. The van der Waals surface area contributed by atoms with E-state index >= 15 is 0 Å². The maximum Gasteiger partial charge on any atom is 0.534 e. The highest BCUT2D eigenvalue weighted by atomic mass is 32.2. The van der Waals surface area contributed by atoms with Crippen molar-refractivity contribution in [2.24, 2.45) is 0 Å². The van der Waals surface area contributed by atoms with Crippen molar-refractivity contribution >= 4 is 10.1 Å². The van der Waals surface area contributed by atoms with Crippen LogP contribution in [0.2, 0.25) is 0 Å². The fourth-order valence-corrected chi connectivity index (χ4v) is 2.06. The molecule has 0 aromatic heterocycles. The first-order valence-electron chi connectivity index (χ1n) is 5.56. The van der Waals surface area contributed by atoms with Gasteiger partial charge in [0.25, 0.3) is 0 Å². The first kappa shape index (κ1) is 16.3. The van der Waals surface area contributed by atoms with E-state index in [1.54, 1.807) is 6.07 Å². The summed E-state index contributed by atoms with van der Waals surface area (Å²) in [5.41, 5.74) is -4.85. The van der Waals surface area contributed by atoms with Crippen molar-refractivity contribution in [2.75, 3.05) is 0 Å². The van der Waals surface area contributed by atoms with Gasteiger partial charge in [-0.1, -0.05) is 30.4 Å². The lowest BCUT2D eigenvalue weighted by Gasteiger charge is -2.15. The monoisotopic (exact) mass is 306 g/mol. The van der Waals surface area contributed by atoms with E-state index in [1.807, 2.05) is 0 Å². The number of halogens is 3. The van der Waals surface area contributed by atoms with Crippen LogP contribution in [0.3, 0.4) is 0 Å². The first-order valence-corrected chi connectivity index (χ1v) is 6.97. The zero-order valence-corrected chi connectivity index (χ0v) is 11.3. The van der Waals surface area contributed by atoms with Crippen molar-refractivity contribution < 1.29 is 25.8 Å². The topological polar surface area (TPSA) is 43.4 Å². The highest BCUT2D eigenvalue weighted by Crippen LogP contribution is 2.32. The third-order valence-electron chi connectivity index (χ3n) is 2.38. The summed E-state index contributed by atoms with van der Waals surface area (Å²) in [5, 5.41) is 0. The van der Waals surface area contributed by atoms with Gasteiger partial charge in [0.2, 0.25) is 0 Å². The van der Waals surface area contributed by atoms with Gasteiger partial charge in [-0.05, 0) is 24.0 Å². The van der Waals surface area contributed by atoms with Gasteiger partial charge in [-0.2, -0.15) is 21.6 Å². The van der Waals surface area contributed by atoms with Crippen LogP contribution in [-0.2, 0) is 23.0 Å². The standard InChI is InChI=1S/C13H13F3O3S/c1-3-6-10-8-5-9-11(7-4-2)12(10)19-20(17,18)13(14,15)16/h3-5,8-9H,1-2,6-7H2. The van der Waals surface area contributed by atoms with Crippen molar-refractivity contribution in [1.29, 1.82) is 0 Å². The average Bonchev–Trinajstić information content (AvgIpc) is 2.32. The lowest BCUT2D eigenvalue weighted by Crippen LogP contribution is -2.28. The molecule has 0 heterocycles. The molecule has 0 spiro atoms. The molecule has 3 nitrogen and oxygen atoms in total. The summed E-state index contributed by atoms with van der Waals surface area (Å²) < 4.78 is 63.8. The largest absolute Gasteiger partial charge is 0.534 e. The molecule has 110 valence electrons. The van der Waals surface area contributed by atoms with Crippen LogP contribution in [0.25, 0.3) is 0 Å². The maximum atomic E-state index is 12.4. The summed E-state index contributed by atoms with van der Waals surface area (Å²) in [4.78, 5) is 0. The smallest absolute Gasteiger partial charge is 0.375 e. The van der Waals surface area contributed by atoms with E-state index in [-0.39, 0.29) is 18.6 Å². The Morgan fingerprint density at radius 2 is 1.55 bits per heavy atom. The third-order valence-corrected chi connectivity index (χ3v) is 3.34. The number of benzene rings is 1. The molecule has 0 unspecified atom stereocenters. The zero-order valence-electron chi connectivity index (χ0n) is 10.5. The summed E-state index contributed by atoms with van der Waals surface area (Å²) in [6.45, 7) is 6.94. The number of alkyl halides is 3. The van der Waals surface area contributed by atoms with Crippen molar-refractivity contribution in [1.82, 2.24) is 0 Å². The highest BCUT2D eigenvalue weighted by Gasteiger charge is 2.49. The van der Waals surface area contributed by atoms with E-state index in [4.69, 9.17) is 0 Å². The van der Waals surface area contributed by atoms with Gasteiger partial charge in [-0.15, -0.1) is 13.2 Å². The van der Waals surface area contributed by atoms with Gasteiger partial charge in [-0.3, -0.25) is 0 Å². The molecule has 0 aliphatic rings. The van der Waals surface area contributed by atoms with Crippen LogP contribution in [0.1, 0.15) is 11.1 Å². The highest BCUT2D eigenvalue weighted by molar-refractivity contribution is 7.88.